The first kappa shape index (κ1) is 15.3. The molecule has 106 valence electrons. The molecule has 0 amide bonds. The molecule has 1 heterocycles. The van der Waals surface area contributed by atoms with E-state index in [-0.39, 0.29) is 6.04 Å². The van der Waals surface area contributed by atoms with Crippen LogP contribution in [0.2, 0.25) is 10.0 Å². The Hall–Kier alpha value is -1.09. The van der Waals surface area contributed by atoms with Crippen molar-refractivity contribution in [3.8, 4) is 0 Å². The Balaban J connectivity index is 1.97. The molecule has 1 aromatic heterocycles. The van der Waals surface area contributed by atoms with Crippen LogP contribution in [0.15, 0.2) is 36.5 Å². The lowest BCUT2D eigenvalue weighted by Gasteiger charge is -2.12. The molecule has 1 unspecified atom stereocenters. The van der Waals surface area contributed by atoms with Crippen LogP contribution in [0.5, 0.6) is 0 Å². The summed E-state index contributed by atoms with van der Waals surface area (Å²) in [6.45, 7) is 2.12. The molecule has 0 aliphatic rings. The molecule has 0 aliphatic heterocycles. The summed E-state index contributed by atoms with van der Waals surface area (Å²) in [5.41, 5.74) is 9.54. The van der Waals surface area contributed by atoms with E-state index < -0.39 is 0 Å². The van der Waals surface area contributed by atoms with Gasteiger partial charge >= 0.3 is 0 Å². The SMILES string of the molecule is CCc1ccc(CC(N)Cc2ccc(Cl)c(Cl)c2)nc1. The molecule has 20 heavy (non-hydrogen) atoms. The molecule has 0 bridgehead atoms. The zero-order valence-electron chi connectivity index (χ0n) is 11.4. The molecule has 0 spiro atoms. The molecule has 0 saturated heterocycles. The molecule has 2 N–H and O–H groups in total. The van der Waals surface area contributed by atoms with Crippen molar-refractivity contribution in [2.45, 2.75) is 32.2 Å². The van der Waals surface area contributed by atoms with Gasteiger partial charge < -0.3 is 5.73 Å². The van der Waals surface area contributed by atoms with Gasteiger partial charge in [0, 0.05) is 24.4 Å². The van der Waals surface area contributed by atoms with E-state index in [4.69, 9.17) is 28.9 Å². The van der Waals surface area contributed by atoms with E-state index in [1.807, 2.05) is 24.4 Å². The summed E-state index contributed by atoms with van der Waals surface area (Å²) in [6, 6.07) is 9.81. The van der Waals surface area contributed by atoms with E-state index in [0.29, 0.717) is 10.0 Å². The third-order valence-electron chi connectivity index (χ3n) is 3.25. The largest absolute Gasteiger partial charge is 0.327 e. The predicted octanol–water partition coefficient (Wildman–Crippen LogP) is 4.06. The minimum atomic E-state index is 0.0206. The minimum absolute atomic E-state index is 0.0206. The molecule has 0 saturated carbocycles. The highest BCUT2D eigenvalue weighted by Crippen LogP contribution is 2.23. The Bertz CT molecular complexity index is 567. The van der Waals surface area contributed by atoms with E-state index in [0.717, 1.165) is 30.5 Å². The zero-order valence-corrected chi connectivity index (χ0v) is 13.0. The van der Waals surface area contributed by atoms with Crippen LogP contribution in [0.4, 0.5) is 0 Å². The van der Waals surface area contributed by atoms with E-state index in [1.54, 1.807) is 6.07 Å². The van der Waals surface area contributed by atoms with Crippen molar-refractivity contribution < 1.29 is 0 Å². The number of hydrogen-bond acceptors (Lipinski definition) is 2. The quantitative estimate of drug-likeness (QED) is 0.904. The highest BCUT2D eigenvalue weighted by atomic mass is 35.5. The molecular formula is C16H18Cl2N2. The lowest BCUT2D eigenvalue weighted by molar-refractivity contribution is 0.654. The number of halogens is 2. The fraction of sp³-hybridized carbons (Fsp3) is 0.312. The molecule has 1 aromatic carbocycles. The summed E-state index contributed by atoms with van der Waals surface area (Å²) in [5, 5.41) is 1.14. The van der Waals surface area contributed by atoms with Gasteiger partial charge in [-0.1, -0.05) is 42.3 Å². The molecule has 0 radical (unpaired) electrons. The second kappa shape index (κ2) is 7.07. The Morgan fingerprint density at radius 3 is 2.40 bits per heavy atom. The monoisotopic (exact) mass is 308 g/mol. The Kier molecular flexibility index (Phi) is 5.41. The van der Waals surface area contributed by atoms with Crippen molar-refractivity contribution in [1.82, 2.24) is 4.98 Å². The standard InChI is InChI=1S/C16H18Cl2N2/c1-2-11-3-5-14(20-10-11)9-13(19)7-12-4-6-15(17)16(18)8-12/h3-6,8,10,13H,2,7,9,19H2,1H3. The van der Waals surface area contributed by atoms with Crippen molar-refractivity contribution in [1.29, 1.82) is 0 Å². The van der Waals surface area contributed by atoms with E-state index in [2.05, 4.69) is 18.0 Å². The maximum Gasteiger partial charge on any atom is 0.0595 e. The number of aromatic nitrogens is 1. The molecular weight excluding hydrogens is 291 g/mol. The fourth-order valence-electron chi connectivity index (χ4n) is 2.10. The summed E-state index contributed by atoms with van der Waals surface area (Å²) in [7, 11) is 0. The van der Waals surface area contributed by atoms with Crippen LogP contribution in [0.3, 0.4) is 0 Å². The second-order valence-electron chi connectivity index (χ2n) is 4.93. The van der Waals surface area contributed by atoms with Crippen molar-refractivity contribution in [3.05, 3.63) is 63.4 Å². The fourth-order valence-corrected chi connectivity index (χ4v) is 2.42. The Morgan fingerprint density at radius 1 is 1.05 bits per heavy atom. The van der Waals surface area contributed by atoms with E-state index in [9.17, 15) is 0 Å². The molecule has 0 aliphatic carbocycles. The summed E-state index contributed by atoms with van der Waals surface area (Å²) in [5.74, 6) is 0. The van der Waals surface area contributed by atoms with Gasteiger partial charge in [-0.15, -0.1) is 0 Å². The maximum absolute atomic E-state index is 6.18. The van der Waals surface area contributed by atoms with Crippen molar-refractivity contribution >= 4 is 23.2 Å². The normalized spacial score (nSPS) is 12.4. The van der Waals surface area contributed by atoms with Crippen LogP contribution in [-0.2, 0) is 19.3 Å². The van der Waals surface area contributed by atoms with Crippen LogP contribution < -0.4 is 5.73 Å². The van der Waals surface area contributed by atoms with Gasteiger partial charge in [-0.05, 0) is 42.2 Å². The molecule has 2 rings (SSSR count). The van der Waals surface area contributed by atoms with Crippen molar-refractivity contribution in [2.75, 3.05) is 0 Å². The van der Waals surface area contributed by atoms with Crippen LogP contribution >= 0.6 is 23.2 Å². The molecule has 1 atom stereocenters. The highest BCUT2D eigenvalue weighted by Gasteiger charge is 2.08. The van der Waals surface area contributed by atoms with Gasteiger partial charge in [0.25, 0.3) is 0 Å². The van der Waals surface area contributed by atoms with Gasteiger partial charge in [-0.25, -0.2) is 0 Å². The lowest BCUT2D eigenvalue weighted by atomic mass is 10.0. The average Bonchev–Trinajstić information content (AvgIpc) is 2.44. The minimum Gasteiger partial charge on any atom is -0.327 e. The average molecular weight is 309 g/mol. The smallest absolute Gasteiger partial charge is 0.0595 e. The Labute approximate surface area is 129 Å². The van der Waals surface area contributed by atoms with Crippen LogP contribution in [0.1, 0.15) is 23.7 Å². The van der Waals surface area contributed by atoms with Gasteiger partial charge in [0.1, 0.15) is 0 Å². The predicted molar refractivity (Wildman–Crippen MR) is 85.5 cm³/mol. The van der Waals surface area contributed by atoms with Gasteiger partial charge in [0.05, 0.1) is 10.0 Å². The van der Waals surface area contributed by atoms with Gasteiger partial charge in [-0.2, -0.15) is 0 Å². The number of rotatable bonds is 5. The number of nitrogens with two attached hydrogens (primary N) is 1. The van der Waals surface area contributed by atoms with E-state index in [1.165, 1.54) is 5.56 Å². The first-order valence-electron chi connectivity index (χ1n) is 6.71. The van der Waals surface area contributed by atoms with Crippen molar-refractivity contribution in [2.24, 2.45) is 5.73 Å². The molecule has 2 aromatic rings. The number of aryl methyl sites for hydroxylation is 1. The molecule has 2 nitrogen and oxygen atoms in total. The number of nitrogens with zero attached hydrogens (tertiary/aromatic N) is 1. The first-order valence-corrected chi connectivity index (χ1v) is 7.47. The van der Waals surface area contributed by atoms with Crippen LogP contribution in [0.25, 0.3) is 0 Å². The number of pyridine rings is 1. The summed E-state index contributed by atoms with van der Waals surface area (Å²) < 4.78 is 0. The number of hydrogen-bond donors (Lipinski definition) is 1. The van der Waals surface area contributed by atoms with Gasteiger partial charge in [0.15, 0.2) is 0 Å². The van der Waals surface area contributed by atoms with Gasteiger partial charge in [0.2, 0.25) is 0 Å². The third kappa shape index (κ3) is 4.20. The van der Waals surface area contributed by atoms with Crippen LogP contribution in [0, 0.1) is 0 Å². The second-order valence-corrected chi connectivity index (χ2v) is 5.74. The lowest BCUT2D eigenvalue weighted by Crippen LogP contribution is -2.26. The summed E-state index contributed by atoms with van der Waals surface area (Å²) in [4.78, 5) is 4.44. The Morgan fingerprint density at radius 2 is 1.80 bits per heavy atom. The first-order chi connectivity index (χ1) is 9.58. The number of benzene rings is 1. The van der Waals surface area contributed by atoms with Gasteiger partial charge in [-0.3, -0.25) is 4.98 Å². The van der Waals surface area contributed by atoms with Crippen molar-refractivity contribution in [3.63, 3.8) is 0 Å². The topological polar surface area (TPSA) is 38.9 Å². The zero-order chi connectivity index (χ0) is 14.5. The van der Waals surface area contributed by atoms with Crippen LogP contribution in [-0.4, -0.2) is 11.0 Å². The van der Waals surface area contributed by atoms with E-state index >= 15 is 0 Å². The third-order valence-corrected chi connectivity index (χ3v) is 3.99. The summed E-state index contributed by atoms with van der Waals surface area (Å²) in [6.07, 6.45) is 4.43. The summed E-state index contributed by atoms with van der Waals surface area (Å²) >= 11 is 11.9. The highest BCUT2D eigenvalue weighted by molar-refractivity contribution is 6.42. The molecule has 4 heteroatoms. The maximum atomic E-state index is 6.18. The molecule has 0 fully saturated rings.